The third kappa shape index (κ3) is 1.82. The van der Waals surface area contributed by atoms with Crippen LogP contribution in [0, 0.1) is 5.92 Å². The summed E-state index contributed by atoms with van der Waals surface area (Å²) >= 11 is 0. The predicted molar refractivity (Wildman–Crippen MR) is 71.6 cm³/mol. The lowest BCUT2D eigenvalue weighted by Gasteiger charge is -2.16. The number of fused-ring (bicyclic) bond motifs is 1. The van der Waals surface area contributed by atoms with Crippen molar-refractivity contribution in [2.45, 2.75) is 19.4 Å². The number of nitrogens with zero attached hydrogens (tertiary/aromatic N) is 2. The predicted octanol–water partition coefficient (Wildman–Crippen LogP) is 1.35. The summed E-state index contributed by atoms with van der Waals surface area (Å²) in [5, 5.41) is 12.7. The number of aliphatic hydroxyl groups excluding tert-OH is 1. The van der Waals surface area contributed by atoms with Gasteiger partial charge in [0.2, 0.25) is 0 Å². The van der Waals surface area contributed by atoms with Gasteiger partial charge in [-0.3, -0.25) is 0 Å². The monoisotopic (exact) mass is 245 g/mol. The lowest BCUT2D eigenvalue weighted by atomic mass is 9.97. The van der Waals surface area contributed by atoms with Gasteiger partial charge in [0.25, 0.3) is 0 Å². The van der Waals surface area contributed by atoms with Crippen LogP contribution in [0.25, 0.3) is 11.0 Å². The van der Waals surface area contributed by atoms with Gasteiger partial charge in [-0.05, 0) is 24.6 Å². The Labute approximate surface area is 107 Å². The largest absolute Gasteiger partial charge is 0.395 e. The van der Waals surface area contributed by atoms with Crippen LogP contribution >= 0.6 is 0 Å². The summed E-state index contributed by atoms with van der Waals surface area (Å²) in [5.74, 6) is 2.16. The topological polar surface area (TPSA) is 50.1 Å². The summed E-state index contributed by atoms with van der Waals surface area (Å²) in [7, 11) is 0. The fourth-order valence-corrected chi connectivity index (χ4v) is 2.87. The summed E-state index contributed by atoms with van der Waals surface area (Å²) in [6.07, 6.45) is 0. The fraction of sp³-hybridized carbons (Fsp3) is 0.500. The quantitative estimate of drug-likeness (QED) is 0.858. The van der Waals surface area contributed by atoms with E-state index in [0.717, 1.165) is 29.9 Å². The maximum Gasteiger partial charge on any atom is 0.114 e. The fourth-order valence-electron chi connectivity index (χ4n) is 2.87. The molecular weight excluding hydrogens is 226 g/mol. The third-order valence-electron chi connectivity index (χ3n) is 3.86. The highest BCUT2D eigenvalue weighted by atomic mass is 16.3. The van der Waals surface area contributed by atoms with E-state index in [0.29, 0.717) is 18.4 Å². The van der Waals surface area contributed by atoms with Gasteiger partial charge < -0.3 is 15.0 Å². The number of nitrogens with one attached hydrogen (secondary N) is 1. The van der Waals surface area contributed by atoms with E-state index >= 15 is 0 Å². The first-order chi connectivity index (χ1) is 8.81. The second kappa shape index (κ2) is 4.71. The van der Waals surface area contributed by atoms with Crippen LogP contribution in [0.4, 0.5) is 0 Å². The Morgan fingerprint density at radius 3 is 2.94 bits per heavy atom. The van der Waals surface area contributed by atoms with E-state index in [1.165, 1.54) is 0 Å². The molecule has 2 heterocycles. The van der Waals surface area contributed by atoms with Crippen molar-refractivity contribution in [2.24, 2.45) is 5.92 Å². The standard InChI is InChI=1S/C14H19N3O/c1-10-8-15-9-11(10)14-16-12-4-2-3-5-13(12)17(14)6-7-18/h2-5,10-11,15,18H,6-9H2,1H3. The molecule has 0 spiro atoms. The van der Waals surface area contributed by atoms with Crippen molar-refractivity contribution in [1.82, 2.24) is 14.9 Å². The molecule has 1 fully saturated rings. The van der Waals surface area contributed by atoms with Crippen LogP contribution in [0.3, 0.4) is 0 Å². The molecule has 0 amide bonds. The van der Waals surface area contributed by atoms with Gasteiger partial charge in [0.15, 0.2) is 0 Å². The molecule has 2 unspecified atom stereocenters. The Hall–Kier alpha value is -1.39. The van der Waals surface area contributed by atoms with E-state index < -0.39 is 0 Å². The molecule has 0 aliphatic carbocycles. The molecule has 1 saturated heterocycles. The van der Waals surface area contributed by atoms with Crippen molar-refractivity contribution in [1.29, 1.82) is 0 Å². The molecule has 1 aromatic carbocycles. The normalized spacial score (nSPS) is 23.9. The number of aliphatic hydroxyl groups is 1. The van der Waals surface area contributed by atoms with E-state index in [9.17, 15) is 5.11 Å². The highest BCUT2D eigenvalue weighted by Gasteiger charge is 2.29. The zero-order chi connectivity index (χ0) is 12.5. The molecule has 0 radical (unpaired) electrons. The van der Waals surface area contributed by atoms with E-state index in [-0.39, 0.29) is 6.61 Å². The molecule has 2 aromatic rings. The van der Waals surface area contributed by atoms with Crippen LogP contribution in [0.15, 0.2) is 24.3 Å². The second-order valence-electron chi connectivity index (χ2n) is 5.08. The molecule has 4 nitrogen and oxygen atoms in total. The van der Waals surface area contributed by atoms with E-state index in [2.05, 4.69) is 22.9 Å². The Morgan fingerprint density at radius 1 is 1.39 bits per heavy atom. The lowest BCUT2D eigenvalue weighted by molar-refractivity contribution is 0.274. The van der Waals surface area contributed by atoms with Gasteiger partial charge in [0.05, 0.1) is 17.6 Å². The Balaban J connectivity index is 2.12. The highest BCUT2D eigenvalue weighted by Crippen LogP contribution is 2.29. The summed E-state index contributed by atoms with van der Waals surface area (Å²) in [4.78, 5) is 4.78. The maximum absolute atomic E-state index is 9.27. The molecule has 1 aliphatic rings. The first-order valence-corrected chi connectivity index (χ1v) is 6.58. The van der Waals surface area contributed by atoms with E-state index in [4.69, 9.17) is 4.98 Å². The van der Waals surface area contributed by atoms with Gasteiger partial charge in [-0.15, -0.1) is 0 Å². The zero-order valence-electron chi connectivity index (χ0n) is 10.6. The minimum atomic E-state index is 0.155. The van der Waals surface area contributed by atoms with Crippen LogP contribution in [0.5, 0.6) is 0 Å². The van der Waals surface area contributed by atoms with Gasteiger partial charge >= 0.3 is 0 Å². The third-order valence-corrected chi connectivity index (χ3v) is 3.86. The average molecular weight is 245 g/mol. The Morgan fingerprint density at radius 2 is 2.22 bits per heavy atom. The SMILES string of the molecule is CC1CNCC1c1nc2ccccc2n1CCO. The van der Waals surface area contributed by atoms with Crippen molar-refractivity contribution in [3.8, 4) is 0 Å². The molecule has 1 aromatic heterocycles. The van der Waals surface area contributed by atoms with Gasteiger partial charge in [-0.1, -0.05) is 19.1 Å². The van der Waals surface area contributed by atoms with E-state index in [1.807, 2.05) is 18.2 Å². The van der Waals surface area contributed by atoms with Gasteiger partial charge in [0.1, 0.15) is 5.82 Å². The number of hydrogen-bond acceptors (Lipinski definition) is 3. The van der Waals surface area contributed by atoms with Crippen LogP contribution in [-0.2, 0) is 6.54 Å². The van der Waals surface area contributed by atoms with Crippen molar-refractivity contribution in [3.63, 3.8) is 0 Å². The molecule has 96 valence electrons. The number of para-hydroxylation sites is 2. The molecule has 2 atom stereocenters. The van der Waals surface area contributed by atoms with Crippen LogP contribution in [0.2, 0.25) is 0 Å². The summed E-state index contributed by atoms with van der Waals surface area (Å²) in [5.41, 5.74) is 2.15. The van der Waals surface area contributed by atoms with Gasteiger partial charge in [-0.25, -0.2) is 4.98 Å². The van der Waals surface area contributed by atoms with Crippen LogP contribution < -0.4 is 5.32 Å². The second-order valence-corrected chi connectivity index (χ2v) is 5.08. The first kappa shape index (κ1) is 11.7. The van der Waals surface area contributed by atoms with Gasteiger partial charge in [-0.2, -0.15) is 0 Å². The minimum Gasteiger partial charge on any atom is -0.395 e. The zero-order valence-corrected chi connectivity index (χ0v) is 10.6. The summed E-state index contributed by atoms with van der Waals surface area (Å²) in [6, 6.07) is 8.16. The molecule has 0 saturated carbocycles. The average Bonchev–Trinajstić information content (AvgIpc) is 2.94. The minimum absolute atomic E-state index is 0.155. The maximum atomic E-state index is 9.27. The molecule has 4 heteroatoms. The van der Waals surface area contributed by atoms with Crippen LogP contribution in [0.1, 0.15) is 18.7 Å². The van der Waals surface area contributed by atoms with Crippen LogP contribution in [-0.4, -0.2) is 34.4 Å². The van der Waals surface area contributed by atoms with Gasteiger partial charge in [0, 0.05) is 19.0 Å². The summed E-state index contributed by atoms with van der Waals surface area (Å²) in [6.45, 7) is 5.07. The molecule has 18 heavy (non-hydrogen) atoms. The Kier molecular flexibility index (Phi) is 3.06. The molecule has 1 aliphatic heterocycles. The number of benzene rings is 1. The van der Waals surface area contributed by atoms with Crippen molar-refractivity contribution >= 4 is 11.0 Å². The summed E-state index contributed by atoms with van der Waals surface area (Å²) < 4.78 is 2.17. The van der Waals surface area contributed by atoms with E-state index in [1.54, 1.807) is 0 Å². The Bertz CT molecular complexity index is 549. The van der Waals surface area contributed by atoms with Crippen molar-refractivity contribution in [3.05, 3.63) is 30.1 Å². The lowest BCUT2D eigenvalue weighted by Crippen LogP contribution is -2.16. The number of rotatable bonds is 3. The molecular formula is C14H19N3O. The number of imidazole rings is 1. The molecule has 0 bridgehead atoms. The van der Waals surface area contributed by atoms with Crippen molar-refractivity contribution in [2.75, 3.05) is 19.7 Å². The highest BCUT2D eigenvalue weighted by molar-refractivity contribution is 5.76. The number of hydrogen-bond donors (Lipinski definition) is 2. The molecule has 2 N–H and O–H groups in total. The smallest absolute Gasteiger partial charge is 0.114 e. The molecule has 3 rings (SSSR count). The van der Waals surface area contributed by atoms with Crippen molar-refractivity contribution < 1.29 is 5.11 Å². The first-order valence-electron chi connectivity index (χ1n) is 6.58. The number of aromatic nitrogens is 2.